The molecular formula is C2H6ClORhS. The van der Waals surface area contributed by atoms with Crippen LogP contribution < -0.4 is 12.4 Å². The van der Waals surface area contributed by atoms with Crippen LogP contribution in [-0.4, -0.2) is 4.21 Å². The summed E-state index contributed by atoms with van der Waals surface area (Å²) in [6.07, 6.45) is 0. The van der Waals surface area contributed by atoms with Crippen LogP contribution >= 0.6 is 0 Å². The molecule has 0 rings (SSSR count). The van der Waals surface area contributed by atoms with Gasteiger partial charge in [-0.15, -0.1) is 0 Å². The van der Waals surface area contributed by atoms with Gasteiger partial charge in [0.2, 0.25) is 0 Å². The summed E-state index contributed by atoms with van der Waals surface area (Å²) in [6, 6.07) is 0. The summed E-state index contributed by atoms with van der Waals surface area (Å²) >= 11 is 2.83. The minimum absolute atomic E-state index is 0. The molecule has 0 aromatic heterocycles. The molecule has 0 aliphatic heterocycles. The number of hydrogen-bond donors (Lipinski definition) is 0. The van der Waals surface area contributed by atoms with E-state index >= 15 is 0 Å². The Balaban J connectivity index is -0.000000000833. The molecule has 0 aliphatic rings. The van der Waals surface area contributed by atoms with Gasteiger partial charge in [0.05, 0.1) is 0 Å². The molecule has 42 valence electrons. The predicted molar refractivity (Wildman–Crippen MR) is 21.0 cm³/mol. The van der Waals surface area contributed by atoms with Crippen molar-refractivity contribution < 1.29 is 36.1 Å². The van der Waals surface area contributed by atoms with Crippen LogP contribution in [0.1, 0.15) is 0 Å². The first-order valence-corrected chi connectivity index (χ1v) is 0.500. The van der Waals surface area contributed by atoms with Crippen LogP contribution in [0.15, 0.2) is 0 Å². The Morgan fingerprint density at radius 2 is 1.00 bits per heavy atom. The van der Waals surface area contributed by atoms with Gasteiger partial charge in [-0.1, -0.05) is 0 Å². The van der Waals surface area contributed by atoms with Gasteiger partial charge in [-0.05, 0) is 0 Å². The van der Waals surface area contributed by atoms with E-state index in [1.54, 1.807) is 0 Å². The van der Waals surface area contributed by atoms with Gasteiger partial charge in [-0.2, -0.15) is 4.21 Å². The van der Waals surface area contributed by atoms with Crippen LogP contribution in [0.2, 0.25) is 0 Å². The number of hydrogen-bond acceptors (Lipinski definition) is 2. The molecule has 0 bridgehead atoms. The molecule has 0 radical (unpaired) electrons. The van der Waals surface area contributed by atoms with Crippen molar-refractivity contribution in [2.75, 3.05) is 0 Å². The third-order valence-corrected chi connectivity index (χ3v) is 0. The molecular weight excluding hydrogens is 210 g/mol. The molecule has 0 aromatic rings. The standard InChI is InChI=1S/2CH3.ClH.OS.Rh/c;;;1-2;/h2*1H3;1H;;/q2*-1;;;+3/p-1. The predicted octanol–water partition coefficient (Wildman–Crippen LogP) is -2.43. The minimum Gasteiger partial charge on any atom is -1.00 e. The Kier molecular flexibility index (Phi) is 1800. The topological polar surface area (TPSA) is 17.1 Å². The van der Waals surface area contributed by atoms with E-state index in [1.165, 1.54) is 0 Å². The molecule has 0 atom stereocenters. The maximum Gasteiger partial charge on any atom is 3.00 e. The van der Waals surface area contributed by atoms with Crippen molar-refractivity contribution >= 4 is 12.5 Å². The first-order chi connectivity index (χ1) is 1.00. The van der Waals surface area contributed by atoms with Gasteiger partial charge in [0.15, 0.2) is 12.5 Å². The quantitative estimate of drug-likeness (QED) is 0.331. The van der Waals surface area contributed by atoms with Crippen molar-refractivity contribution in [1.29, 1.82) is 0 Å². The zero-order chi connectivity index (χ0) is 2.00. The summed E-state index contributed by atoms with van der Waals surface area (Å²) in [5.41, 5.74) is 0. The molecule has 0 N–H and O–H groups in total. The Hall–Kier alpha value is 0.933. The van der Waals surface area contributed by atoms with Gasteiger partial charge in [-0.25, -0.2) is 0 Å². The fourth-order valence-electron chi connectivity index (χ4n) is 0. The minimum atomic E-state index is 0. The van der Waals surface area contributed by atoms with Gasteiger partial charge < -0.3 is 27.3 Å². The van der Waals surface area contributed by atoms with E-state index < -0.39 is 0 Å². The van der Waals surface area contributed by atoms with Crippen LogP contribution in [0.25, 0.3) is 0 Å². The SMILES string of the molecule is O=S.[CH3-].[CH3-].[Cl-].[Rh+3]. The third kappa shape index (κ3) is 87.6. The van der Waals surface area contributed by atoms with Crippen LogP contribution in [0.5, 0.6) is 0 Å². The summed E-state index contributed by atoms with van der Waals surface area (Å²) in [5.74, 6) is 0. The summed E-state index contributed by atoms with van der Waals surface area (Å²) < 4.78 is 7.83. The van der Waals surface area contributed by atoms with Crippen LogP contribution in [-0.2, 0) is 32.0 Å². The molecule has 1 nitrogen and oxygen atoms in total. The Bertz CT molecular complexity index is 13.5. The second-order valence-corrected chi connectivity index (χ2v) is 0. The maximum absolute atomic E-state index is 7.83. The fraction of sp³-hybridized carbons (Fsp3) is 0. The average molecular weight is 216 g/mol. The van der Waals surface area contributed by atoms with Gasteiger partial charge in [0.25, 0.3) is 0 Å². The summed E-state index contributed by atoms with van der Waals surface area (Å²) in [6.45, 7) is 0. The van der Waals surface area contributed by atoms with E-state index in [4.69, 9.17) is 4.21 Å². The van der Waals surface area contributed by atoms with Crippen molar-refractivity contribution in [3.05, 3.63) is 14.9 Å². The van der Waals surface area contributed by atoms with Gasteiger partial charge in [-0.3, -0.25) is 0 Å². The summed E-state index contributed by atoms with van der Waals surface area (Å²) in [4.78, 5) is 0. The molecule has 0 saturated carbocycles. The van der Waals surface area contributed by atoms with E-state index in [9.17, 15) is 0 Å². The van der Waals surface area contributed by atoms with Crippen molar-refractivity contribution in [1.82, 2.24) is 0 Å². The Morgan fingerprint density at radius 1 is 1.00 bits per heavy atom. The zero-order valence-electron chi connectivity index (χ0n) is 3.53. The fourth-order valence-corrected chi connectivity index (χ4v) is 0. The molecule has 0 aliphatic carbocycles. The van der Waals surface area contributed by atoms with Crippen LogP contribution in [0, 0.1) is 14.9 Å². The molecule has 0 unspecified atom stereocenters. The molecule has 0 saturated heterocycles. The maximum atomic E-state index is 7.83. The van der Waals surface area contributed by atoms with Crippen molar-refractivity contribution in [2.45, 2.75) is 0 Å². The van der Waals surface area contributed by atoms with E-state index in [1.807, 2.05) is 0 Å². The second-order valence-electron chi connectivity index (χ2n) is 0. The molecule has 0 spiro atoms. The van der Waals surface area contributed by atoms with E-state index in [0.29, 0.717) is 0 Å². The number of halogens is 1. The Morgan fingerprint density at radius 3 is 1.00 bits per heavy atom. The first kappa shape index (κ1) is 65.3. The smallest absolute Gasteiger partial charge is 1.00 e. The first-order valence-electron chi connectivity index (χ1n) is 0.167. The zero-order valence-corrected chi connectivity index (χ0v) is 6.74. The molecule has 0 amide bonds. The molecule has 0 fully saturated rings. The van der Waals surface area contributed by atoms with E-state index in [-0.39, 0.29) is 46.7 Å². The largest absolute Gasteiger partial charge is 3.00 e. The number of rotatable bonds is 0. The van der Waals surface area contributed by atoms with Crippen molar-refractivity contribution in [2.24, 2.45) is 0 Å². The summed E-state index contributed by atoms with van der Waals surface area (Å²) in [5, 5.41) is 0. The normalized spacial score (nSPS) is 0.667. The monoisotopic (exact) mass is 216 g/mol. The average Bonchev–Trinajstić information content (AvgIpc) is 1.00. The van der Waals surface area contributed by atoms with Crippen LogP contribution in [0.3, 0.4) is 0 Å². The van der Waals surface area contributed by atoms with Gasteiger partial charge >= 0.3 is 19.5 Å². The molecule has 6 heavy (non-hydrogen) atoms. The molecule has 0 heterocycles. The molecule has 4 heteroatoms. The molecule has 0 aromatic carbocycles. The van der Waals surface area contributed by atoms with E-state index in [0.717, 1.165) is 0 Å². The van der Waals surface area contributed by atoms with Crippen molar-refractivity contribution in [3.8, 4) is 0 Å². The van der Waals surface area contributed by atoms with Crippen molar-refractivity contribution in [3.63, 3.8) is 0 Å². The Labute approximate surface area is 63.6 Å². The second kappa shape index (κ2) is 166. The van der Waals surface area contributed by atoms with Gasteiger partial charge in [0.1, 0.15) is 0 Å². The van der Waals surface area contributed by atoms with E-state index in [2.05, 4.69) is 12.5 Å². The van der Waals surface area contributed by atoms with Gasteiger partial charge in [0, 0.05) is 0 Å². The third-order valence-electron chi connectivity index (χ3n) is 0. The van der Waals surface area contributed by atoms with Crippen LogP contribution in [0.4, 0.5) is 0 Å². The summed E-state index contributed by atoms with van der Waals surface area (Å²) in [7, 11) is 0.